The van der Waals surface area contributed by atoms with E-state index in [1.165, 1.54) is 4.90 Å². The Morgan fingerprint density at radius 1 is 1.33 bits per heavy atom. The predicted octanol–water partition coefficient (Wildman–Crippen LogP) is 3.04. The van der Waals surface area contributed by atoms with Crippen LogP contribution in [0.1, 0.15) is 40.0 Å². The fourth-order valence-electron chi connectivity index (χ4n) is 2.58. The van der Waals surface area contributed by atoms with Crippen molar-refractivity contribution in [1.82, 2.24) is 10.2 Å². The van der Waals surface area contributed by atoms with E-state index in [1.807, 2.05) is 13.8 Å². The molecule has 0 spiro atoms. The van der Waals surface area contributed by atoms with Crippen LogP contribution in [-0.2, 0) is 0 Å². The van der Waals surface area contributed by atoms with Crippen molar-refractivity contribution < 1.29 is 13.2 Å². The van der Waals surface area contributed by atoms with Gasteiger partial charge in [-0.15, -0.1) is 0 Å². The second-order valence-corrected chi connectivity index (χ2v) is 5.59. The van der Waals surface area contributed by atoms with E-state index < -0.39 is 12.7 Å². The van der Waals surface area contributed by atoms with Gasteiger partial charge in [0.1, 0.15) is 0 Å². The van der Waals surface area contributed by atoms with E-state index in [1.54, 1.807) is 0 Å². The number of halogens is 3. The molecule has 0 bridgehead atoms. The third-order valence-corrected chi connectivity index (χ3v) is 3.75. The normalized spacial score (nSPS) is 26.0. The van der Waals surface area contributed by atoms with Crippen molar-refractivity contribution >= 4 is 0 Å². The minimum absolute atomic E-state index is 0.0737. The molecular weight excluding hydrogens is 241 g/mol. The van der Waals surface area contributed by atoms with Crippen LogP contribution in [0.4, 0.5) is 13.2 Å². The summed E-state index contributed by atoms with van der Waals surface area (Å²) in [5.41, 5.74) is 0. The summed E-state index contributed by atoms with van der Waals surface area (Å²) in [4.78, 5) is 1.52. The largest absolute Gasteiger partial charge is 0.401 e. The monoisotopic (exact) mass is 266 g/mol. The maximum absolute atomic E-state index is 12.5. The maximum Gasteiger partial charge on any atom is 0.401 e. The molecule has 1 N–H and O–H groups in total. The highest BCUT2D eigenvalue weighted by Gasteiger charge is 2.33. The summed E-state index contributed by atoms with van der Waals surface area (Å²) in [5.74, 6) is 0.663. The Bertz CT molecular complexity index is 241. The van der Waals surface area contributed by atoms with Gasteiger partial charge in [0.25, 0.3) is 0 Å². The van der Waals surface area contributed by atoms with E-state index in [0.717, 1.165) is 25.8 Å². The van der Waals surface area contributed by atoms with Gasteiger partial charge in [0.2, 0.25) is 0 Å². The van der Waals surface area contributed by atoms with Crippen LogP contribution in [0.15, 0.2) is 0 Å². The molecule has 0 aromatic rings. The summed E-state index contributed by atoms with van der Waals surface area (Å²) >= 11 is 0. The van der Waals surface area contributed by atoms with Crippen molar-refractivity contribution in [3.8, 4) is 0 Å². The third-order valence-electron chi connectivity index (χ3n) is 3.75. The number of nitrogens with one attached hydrogen (secondary N) is 1. The average Bonchev–Trinajstić information content (AvgIpc) is 2.26. The molecule has 108 valence electrons. The van der Waals surface area contributed by atoms with Crippen LogP contribution in [0.3, 0.4) is 0 Å². The van der Waals surface area contributed by atoms with Crippen molar-refractivity contribution in [3.63, 3.8) is 0 Å². The number of hydrogen-bond donors (Lipinski definition) is 1. The molecule has 1 aliphatic rings. The predicted molar refractivity (Wildman–Crippen MR) is 67.6 cm³/mol. The van der Waals surface area contributed by atoms with Gasteiger partial charge < -0.3 is 5.32 Å². The Labute approximate surface area is 108 Å². The van der Waals surface area contributed by atoms with E-state index in [9.17, 15) is 13.2 Å². The van der Waals surface area contributed by atoms with Crippen LogP contribution in [0.5, 0.6) is 0 Å². The minimum Gasteiger partial charge on any atom is -0.313 e. The van der Waals surface area contributed by atoms with Crippen LogP contribution in [0.2, 0.25) is 0 Å². The Kier molecular flexibility index (Phi) is 5.92. The first-order valence-corrected chi connectivity index (χ1v) is 6.86. The molecule has 1 aliphatic heterocycles. The highest BCUT2D eigenvalue weighted by Crippen LogP contribution is 2.22. The highest BCUT2D eigenvalue weighted by atomic mass is 19.4. The molecular formula is C13H25F3N2. The molecule has 0 aliphatic carbocycles. The average molecular weight is 266 g/mol. The molecule has 0 radical (unpaired) electrons. The molecule has 5 heteroatoms. The van der Waals surface area contributed by atoms with Gasteiger partial charge in [-0.05, 0) is 39.2 Å². The van der Waals surface area contributed by atoms with Crippen molar-refractivity contribution in [3.05, 3.63) is 0 Å². The lowest BCUT2D eigenvalue weighted by Gasteiger charge is -2.36. The molecule has 0 aromatic carbocycles. The number of nitrogens with zero attached hydrogens (tertiary/aromatic N) is 1. The lowest BCUT2D eigenvalue weighted by Crippen LogP contribution is -2.50. The lowest BCUT2D eigenvalue weighted by atomic mass is 9.90. The van der Waals surface area contributed by atoms with E-state index >= 15 is 0 Å². The van der Waals surface area contributed by atoms with Crippen LogP contribution >= 0.6 is 0 Å². The zero-order valence-electron chi connectivity index (χ0n) is 11.6. The molecule has 0 saturated carbocycles. The van der Waals surface area contributed by atoms with Gasteiger partial charge in [-0.25, -0.2) is 0 Å². The zero-order chi connectivity index (χ0) is 13.8. The van der Waals surface area contributed by atoms with Crippen LogP contribution in [0, 0.1) is 5.92 Å². The highest BCUT2D eigenvalue weighted by molar-refractivity contribution is 4.82. The first kappa shape index (κ1) is 15.8. The van der Waals surface area contributed by atoms with Crippen LogP contribution in [0.25, 0.3) is 0 Å². The van der Waals surface area contributed by atoms with Crippen molar-refractivity contribution in [2.24, 2.45) is 5.92 Å². The molecule has 1 fully saturated rings. The van der Waals surface area contributed by atoms with Gasteiger partial charge in [-0.3, -0.25) is 4.90 Å². The summed E-state index contributed by atoms with van der Waals surface area (Å²) < 4.78 is 37.5. The minimum atomic E-state index is -4.11. The second-order valence-electron chi connectivity index (χ2n) is 5.59. The van der Waals surface area contributed by atoms with Crippen molar-refractivity contribution in [2.75, 3.05) is 19.6 Å². The van der Waals surface area contributed by atoms with Crippen LogP contribution < -0.4 is 5.32 Å². The summed E-state index contributed by atoms with van der Waals surface area (Å²) in [7, 11) is 0. The maximum atomic E-state index is 12.5. The van der Waals surface area contributed by atoms with Gasteiger partial charge in [-0.1, -0.05) is 13.3 Å². The second kappa shape index (κ2) is 6.75. The fourth-order valence-corrected chi connectivity index (χ4v) is 2.58. The quantitative estimate of drug-likeness (QED) is 0.823. The lowest BCUT2D eigenvalue weighted by molar-refractivity contribution is -0.150. The molecule has 1 heterocycles. The third kappa shape index (κ3) is 5.57. The Morgan fingerprint density at radius 3 is 2.50 bits per heavy atom. The number of alkyl halides is 3. The summed E-state index contributed by atoms with van der Waals surface area (Å²) in [6.07, 6.45) is -0.840. The SMILES string of the molecule is CCC1CCNC(CN(CC(F)(F)F)C(C)C)C1. The van der Waals surface area contributed by atoms with E-state index in [0.29, 0.717) is 12.5 Å². The summed E-state index contributed by atoms with van der Waals surface area (Å²) in [5, 5.41) is 3.35. The van der Waals surface area contributed by atoms with Gasteiger partial charge in [0.15, 0.2) is 0 Å². The number of hydrogen-bond acceptors (Lipinski definition) is 2. The topological polar surface area (TPSA) is 15.3 Å². The Hall–Kier alpha value is -0.290. The summed E-state index contributed by atoms with van der Waals surface area (Å²) in [6.45, 7) is 6.43. The summed E-state index contributed by atoms with van der Waals surface area (Å²) in [6, 6.07) is 0.129. The van der Waals surface area contributed by atoms with Crippen LogP contribution in [-0.4, -0.2) is 42.8 Å². The Morgan fingerprint density at radius 2 is 2.00 bits per heavy atom. The van der Waals surface area contributed by atoms with Gasteiger partial charge in [0.05, 0.1) is 6.54 Å². The molecule has 1 saturated heterocycles. The van der Waals surface area contributed by atoms with Crippen molar-refractivity contribution in [1.29, 1.82) is 0 Å². The van der Waals surface area contributed by atoms with Gasteiger partial charge in [-0.2, -0.15) is 13.2 Å². The standard InChI is InChI=1S/C13H25F3N2/c1-4-11-5-6-17-12(7-11)8-18(10(2)3)9-13(14,15)16/h10-12,17H,4-9H2,1-3H3. The zero-order valence-corrected chi connectivity index (χ0v) is 11.6. The van der Waals surface area contributed by atoms with E-state index in [2.05, 4.69) is 12.2 Å². The molecule has 2 nitrogen and oxygen atoms in total. The Balaban J connectivity index is 2.50. The molecule has 1 rings (SSSR count). The van der Waals surface area contributed by atoms with Crippen molar-refractivity contribution in [2.45, 2.75) is 58.3 Å². The molecule has 2 atom stereocenters. The van der Waals surface area contributed by atoms with Gasteiger partial charge in [0, 0.05) is 18.6 Å². The van der Waals surface area contributed by atoms with E-state index in [-0.39, 0.29) is 12.1 Å². The molecule has 0 aromatic heterocycles. The smallest absolute Gasteiger partial charge is 0.313 e. The first-order valence-electron chi connectivity index (χ1n) is 6.86. The first-order chi connectivity index (χ1) is 8.31. The molecule has 2 unspecified atom stereocenters. The van der Waals surface area contributed by atoms with Gasteiger partial charge >= 0.3 is 6.18 Å². The number of piperidine rings is 1. The fraction of sp³-hybridized carbons (Fsp3) is 1.00. The number of rotatable bonds is 5. The molecule has 18 heavy (non-hydrogen) atoms. The molecule has 0 amide bonds. The van der Waals surface area contributed by atoms with E-state index in [4.69, 9.17) is 0 Å².